The molecule has 4 nitrogen and oxygen atoms in total. The van der Waals surface area contributed by atoms with E-state index in [1.54, 1.807) is 11.3 Å². The lowest BCUT2D eigenvalue weighted by molar-refractivity contribution is 0.601. The summed E-state index contributed by atoms with van der Waals surface area (Å²) in [6, 6.07) is 0. The third-order valence-corrected chi connectivity index (χ3v) is 6.72. The highest BCUT2D eigenvalue weighted by Gasteiger charge is 2.31. The van der Waals surface area contributed by atoms with Crippen molar-refractivity contribution in [2.45, 2.75) is 52.5 Å². The van der Waals surface area contributed by atoms with Gasteiger partial charge in [0.1, 0.15) is 0 Å². The normalized spacial score (nSPS) is 21.2. The number of nitrogens with one attached hydrogen (secondary N) is 1. The van der Waals surface area contributed by atoms with Gasteiger partial charge in [0, 0.05) is 17.3 Å². The van der Waals surface area contributed by atoms with Crippen LogP contribution >= 0.6 is 11.3 Å². The monoisotopic (exact) mass is 330 g/mol. The smallest absolute Gasteiger partial charge is 0.151 e. The maximum atomic E-state index is 11.7. The highest BCUT2D eigenvalue weighted by atomic mass is 32.2. The molecule has 1 N–H and O–H groups in total. The van der Waals surface area contributed by atoms with Crippen LogP contribution in [0.5, 0.6) is 0 Å². The average molecular weight is 331 g/mol. The molecule has 0 spiro atoms. The van der Waals surface area contributed by atoms with Gasteiger partial charge in [0.15, 0.2) is 9.84 Å². The van der Waals surface area contributed by atoms with Gasteiger partial charge in [-0.25, -0.2) is 13.4 Å². The number of hydrogen-bond acceptors (Lipinski definition) is 5. The molecule has 0 bridgehead atoms. The van der Waals surface area contributed by atoms with Crippen LogP contribution in [0.4, 0.5) is 0 Å². The van der Waals surface area contributed by atoms with Gasteiger partial charge < -0.3 is 5.32 Å². The van der Waals surface area contributed by atoms with Gasteiger partial charge >= 0.3 is 0 Å². The Hall–Kier alpha value is -0.460. The lowest BCUT2D eigenvalue weighted by atomic mass is 10.1. The Labute approximate surface area is 132 Å². The maximum Gasteiger partial charge on any atom is 0.151 e. The molecule has 1 fully saturated rings. The van der Waals surface area contributed by atoms with Gasteiger partial charge in [0.05, 0.1) is 22.2 Å². The Bertz CT molecular complexity index is 564. The first-order valence-corrected chi connectivity index (χ1v) is 10.4. The second kappa shape index (κ2) is 7.20. The third kappa shape index (κ3) is 4.76. The number of thiazole rings is 1. The quantitative estimate of drug-likeness (QED) is 0.781. The highest BCUT2D eigenvalue weighted by molar-refractivity contribution is 7.91. The van der Waals surface area contributed by atoms with Crippen LogP contribution in [0.2, 0.25) is 0 Å². The number of nitrogens with zero attached hydrogens (tertiary/aromatic N) is 1. The Kier molecular flexibility index (Phi) is 5.80. The van der Waals surface area contributed by atoms with E-state index in [0.717, 1.165) is 43.1 Å². The van der Waals surface area contributed by atoms with Crippen molar-refractivity contribution in [1.29, 1.82) is 0 Å². The molecule has 21 heavy (non-hydrogen) atoms. The fraction of sp³-hybridized carbons (Fsp3) is 0.800. The van der Waals surface area contributed by atoms with Crippen molar-refractivity contribution in [3.63, 3.8) is 0 Å². The van der Waals surface area contributed by atoms with E-state index in [9.17, 15) is 8.42 Å². The summed E-state index contributed by atoms with van der Waals surface area (Å²) in [5.74, 6) is 1.28. The fourth-order valence-electron chi connectivity index (χ4n) is 2.63. The van der Waals surface area contributed by atoms with Crippen LogP contribution in [-0.4, -0.2) is 31.5 Å². The van der Waals surface area contributed by atoms with Crippen LogP contribution in [0.25, 0.3) is 0 Å². The van der Waals surface area contributed by atoms with E-state index in [1.165, 1.54) is 4.88 Å². The summed E-state index contributed by atoms with van der Waals surface area (Å²) in [6.07, 6.45) is 2.82. The van der Waals surface area contributed by atoms with Gasteiger partial charge in [0.25, 0.3) is 0 Å². The predicted molar refractivity (Wildman–Crippen MR) is 88.7 cm³/mol. The topological polar surface area (TPSA) is 59.1 Å². The van der Waals surface area contributed by atoms with E-state index in [0.29, 0.717) is 11.7 Å². The first kappa shape index (κ1) is 16.9. The first-order chi connectivity index (χ1) is 9.91. The molecule has 0 aromatic carbocycles. The number of rotatable bonds is 7. The van der Waals surface area contributed by atoms with Crippen molar-refractivity contribution in [1.82, 2.24) is 10.3 Å². The highest BCUT2D eigenvalue weighted by Crippen LogP contribution is 2.33. The van der Waals surface area contributed by atoms with E-state index >= 15 is 0 Å². The van der Waals surface area contributed by atoms with Gasteiger partial charge in [-0.15, -0.1) is 11.3 Å². The van der Waals surface area contributed by atoms with Gasteiger partial charge in [-0.1, -0.05) is 20.8 Å². The number of sulfone groups is 1. The zero-order valence-electron chi connectivity index (χ0n) is 13.2. The summed E-state index contributed by atoms with van der Waals surface area (Å²) in [4.78, 5) is 6.08. The Balaban J connectivity index is 2.15. The summed E-state index contributed by atoms with van der Waals surface area (Å²) >= 11 is 1.71. The first-order valence-electron chi connectivity index (χ1n) is 7.81. The molecule has 6 heteroatoms. The van der Waals surface area contributed by atoms with Crippen LogP contribution < -0.4 is 5.32 Å². The molecule has 1 aromatic heterocycles. The Morgan fingerprint density at radius 2 is 2.19 bits per heavy atom. The largest absolute Gasteiger partial charge is 0.312 e. The van der Waals surface area contributed by atoms with Crippen LogP contribution in [0.3, 0.4) is 0 Å². The molecule has 0 radical (unpaired) electrons. The molecule has 2 rings (SSSR count). The van der Waals surface area contributed by atoms with Crippen LogP contribution in [0, 0.1) is 5.92 Å². The Morgan fingerprint density at radius 1 is 1.43 bits per heavy atom. The molecular weight excluding hydrogens is 304 g/mol. The van der Waals surface area contributed by atoms with Crippen LogP contribution in [0.1, 0.15) is 55.1 Å². The molecule has 1 aliphatic heterocycles. The van der Waals surface area contributed by atoms with Crippen molar-refractivity contribution in [2.75, 3.05) is 18.1 Å². The van der Waals surface area contributed by atoms with Gasteiger partial charge in [-0.3, -0.25) is 0 Å². The molecule has 0 amide bonds. The van der Waals surface area contributed by atoms with Gasteiger partial charge in [0.2, 0.25) is 0 Å². The van der Waals surface area contributed by atoms with Gasteiger partial charge in [-0.2, -0.15) is 0 Å². The van der Waals surface area contributed by atoms with Gasteiger partial charge in [-0.05, 0) is 31.7 Å². The fourth-order valence-corrected chi connectivity index (χ4v) is 5.68. The van der Waals surface area contributed by atoms with Crippen molar-refractivity contribution >= 4 is 21.2 Å². The summed E-state index contributed by atoms with van der Waals surface area (Å²) in [5.41, 5.74) is 1.16. The maximum absolute atomic E-state index is 11.7. The standard InChI is InChI=1S/C15H26N2O2S2/c1-4-6-16-9-14-13(8-11(2)3)17-15(20-14)12-5-7-21(18,19)10-12/h11-12,16H,4-10H2,1-3H3. The molecule has 2 heterocycles. The zero-order valence-corrected chi connectivity index (χ0v) is 14.8. The average Bonchev–Trinajstić information content (AvgIpc) is 2.93. The zero-order chi connectivity index (χ0) is 15.5. The molecule has 0 aliphatic carbocycles. The molecule has 1 aliphatic rings. The van der Waals surface area contributed by atoms with Crippen molar-refractivity contribution in [3.8, 4) is 0 Å². The molecule has 1 atom stereocenters. The van der Waals surface area contributed by atoms with E-state index in [2.05, 4.69) is 26.1 Å². The van der Waals surface area contributed by atoms with Crippen molar-refractivity contribution in [2.24, 2.45) is 5.92 Å². The van der Waals surface area contributed by atoms with Crippen molar-refractivity contribution < 1.29 is 8.42 Å². The minimum atomic E-state index is -2.84. The predicted octanol–water partition coefficient (Wildman–Crippen LogP) is 2.74. The lowest BCUT2D eigenvalue weighted by Gasteiger charge is -2.05. The molecule has 120 valence electrons. The number of aromatic nitrogens is 1. The van der Waals surface area contributed by atoms with E-state index in [4.69, 9.17) is 4.98 Å². The van der Waals surface area contributed by atoms with Crippen LogP contribution in [0.15, 0.2) is 0 Å². The summed E-state index contributed by atoms with van der Waals surface area (Å²) in [7, 11) is -2.84. The summed E-state index contributed by atoms with van der Waals surface area (Å²) in [5, 5.41) is 4.47. The summed E-state index contributed by atoms with van der Waals surface area (Å²) < 4.78 is 23.3. The van der Waals surface area contributed by atoms with E-state index in [-0.39, 0.29) is 11.7 Å². The summed E-state index contributed by atoms with van der Waals surface area (Å²) in [6.45, 7) is 8.41. The molecule has 1 saturated heterocycles. The third-order valence-electron chi connectivity index (χ3n) is 3.69. The van der Waals surface area contributed by atoms with Crippen LogP contribution in [-0.2, 0) is 22.8 Å². The Morgan fingerprint density at radius 3 is 2.76 bits per heavy atom. The molecule has 1 aromatic rings. The molecule has 1 unspecified atom stereocenters. The van der Waals surface area contributed by atoms with Crippen molar-refractivity contribution in [3.05, 3.63) is 15.6 Å². The second-order valence-electron chi connectivity index (χ2n) is 6.30. The SMILES string of the molecule is CCCNCc1sc(C2CCS(=O)(=O)C2)nc1CC(C)C. The second-order valence-corrected chi connectivity index (χ2v) is 9.64. The number of hydrogen-bond donors (Lipinski definition) is 1. The molecule has 0 saturated carbocycles. The molecular formula is C15H26N2O2S2. The van der Waals surface area contributed by atoms with E-state index < -0.39 is 9.84 Å². The van der Waals surface area contributed by atoms with E-state index in [1.807, 2.05) is 0 Å². The minimum Gasteiger partial charge on any atom is -0.312 e. The lowest BCUT2D eigenvalue weighted by Crippen LogP contribution is -2.14. The minimum absolute atomic E-state index is 0.117.